The van der Waals surface area contributed by atoms with Gasteiger partial charge >= 0.3 is 0 Å². The maximum absolute atomic E-state index is 14.7. The van der Waals surface area contributed by atoms with Gasteiger partial charge in [-0.15, -0.1) is 0 Å². The van der Waals surface area contributed by atoms with E-state index in [1.165, 1.54) is 27.4 Å². The lowest BCUT2D eigenvalue weighted by Gasteiger charge is -2.14. The van der Waals surface area contributed by atoms with Crippen LogP contribution in [0.4, 0.5) is 10.1 Å². The van der Waals surface area contributed by atoms with Crippen LogP contribution in [0.1, 0.15) is 15.9 Å². The fourth-order valence-electron chi connectivity index (χ4n) is 3.69. The van der Waals surface area contributed by atoms with E-state index in [4.69, 9.17) is 19.9 Å². The average Bonchev–Trinajstić information content (AvgIpc) is 3.28. The largest absolute Gasteiger partial charge is 0.493 e. The molecule has 6 nitrogen and oxygen atoms in total. The number of nitrogens with zero attached hydrogens (tertiary/aromatic N) is 1. The zero-order valence-corrected chi connectivity index (χ0v) is 18.5. The lowest BCUT2D eigenvalue weighted by Crippen LogP contribution is -2.05. The highest BCUT2D eigenvalue weighted by atomic mass is 19.1. The minimum absolute atomic E-state index is 0.317. The van der Waals surface area contributed by atoms with Gasteiger partial charge in [-0.3, -0.25) is 4.79 Å². The Morgan fingerprint density at radius 3 is 2.06 bits per heavy atom. The number of carbonyl (C=O) groups excluding carboxylic acids is 1. The lowest BCUT2D eigenvalue weighted by atomic mass is 9.97. The van der Waals surface area contributed by atoms with Crippen molar-refractivity contribution in [3.05, 3.63) is 90.0 Å². The molecule has 0 atom stereocenters. The smallest absolute Gasteiger partial charge is 0.203 e. The van der Waals surface area contributed by atoms with Gasteiger partial charge in [-0.2, -0.15) is 0 Å². The summed E-state index contributed by atoms with van der Waals surface area (Å²) in [6.07, 6.45) is 3.41. The number of methoxy groups -OCH3 is 3. The summed E-state index contributed by atoms with van der Waals surface area (Å²) in [5.41, 5.74) is 8.63. The molecule has 0 aliphatic heterocycles. The highest BCUT2D eigenvalue weighted by Crippen LogP contribution is 2.39. The minimum atomic E-state index is -0.425. The highest BCUT2D eigenvalue weighted by Gasteiger charge is 2.23. The molecule has 0 bridgehead atoms. The molecule has 0 unspecified atom stereocenters. The average molecular weight is 446 g/mol. The van der Waals surface area contributed by atoms with Gasteiger partial charge < -0.3 is 24.5 Å². The van der Waals surface area contributed by atoms with Gasteiger partial charge in [0.1, 0.15) is 5.82 Å². The third-order valence-corrected chi connectivity index (χ3v) is 5.35. The Hall–Kier alpha value is -4.26. The highest BCUT2D eigenvalue weighted by molar-refractivity contribution is 6.13. The van der Waals surface area contributed by atoms with E-state index in [0.29, 0.717) is 45.2 Å². The second kappa shape index (κ2) is 9.08. The molecule has 0 saturated carbocycles. The summed E-state index contributed by atoms with van der Waals surface area (Å²) in [5, 5.41) is 0. The van der Waals surface area contributed by atoms with E-state index in [2.05, 4.69) is 0 Å². The van der Waals surface area contributed by atoms with Crippen LogP contribution < -0.4 is 19.9 Å². The van der Waals surface area contributed by atoms with Crippen LogP contribution in [0, 0.1) is 5.82 Å². The molecule has 4 aromatic rings. The molecule has 33 heavy (non-hydrogen) atoms. The van der Waals surface area contributed by atoms with Gasteiger partial charge in [0.25, 0.3) is 0 Å². The number of aromatic nitrogens is 1. The summed E-state index contributed by atoms with van der Waals surface area (Å²) < 4.78 is 32.6. The van der Waals surface area contributed by atoms with Crippen molar-refractivity contribution >= 4 is 11.5 Å². The number of hydrogen-bond donors (Lipinski definition) is 1. The Labute approximate surface area is 190 Å². The van der Waals surface area contributed by atoms with Gasteiger partial charge in [0, 0.05) is 46.0 Å². The third kappa shape index (κ3) is 4.13. The van der Waals surface area contributed by atoms with Crippen molar-refractivity contribution < 1.29 is 23.4 Å². The van der Waals surface area contributed by atoms with Gasteiger partial charge in [0.2, 0.25) is 5.75 Å². The van der Waals surface area contributed by atoms with Crippen molar-refractivity contribution in [3.63, 3.8) is 0 Å². The van der Waals surface area contributed by atoms with E-state index in [1.54, 1.807) is 59.4 Å². The Balaban J connectivity index is 1.90. The predicted molar refractivity (Wildman–Crippen MR) is 125 cm³/mol. The predicted octanol–water partition coefficient (Wildman–Crippen LogP) is 5.12. The molecule has 0 saturated heterocycles. The number of rotatable bonds is 7. The zero-order chi connectivity index (χ0) is 23.5. The first-order valence-corrected chi connectivity index (χ1v) is 10.1. The van der Waals surface area contributed by atoms with Gasteiger partial charge in [-0.05, 0) is 42.5 Å². The van der Waals surface area contributed by atoms with E-state index in [0.717, 1.165) is 5.69 Å². The molecule has 0 aliphatic carbocycles. The zero-order valence-electron chi connectivity index (χ0n) is 18.5. The minimum Gasteiger partial charge on any atom is -0.493 e. The van der Waals surface area contributed by atoms with Crippen LogP contribution in [-0.4, -0.2) is 31.7 Å². The number of ketones is 1. The molecule has 0 amide bonds. The fourth-order valence-corrected chi connectivity index (χ4v) is 3.69. The number of nitrogens with two attached hydrogens (primary N) is 1. The monoisotopic (exact) mass is 446 g/mol. The van der Waals surface area contributed by atoms with Crippen molar-refractivity contribution in [2.24, 2.45) is 0 Å². The summed E-state index contributed by atoms with van der Waals surface area (Å²) in [4.78, 5) is 13.7. The number of benzene rings is 3. The number of halogens is 1. The number of anilines is 1. The molecule has 2 N–H and O–H groups in total. The number of carbonyl (C=O) groups is 1. The van der Waals surface area contributed by atoms with Crippen molar-refractivity contribution in [1.82, 2.24) is 4.57 Å². The Morgan fingerprint density at radius 2 is 1.48 bits per heavy atom. The van der Waals surface area contributed by atoms with Crippen molar-refractivity contribution in [3.8, 4) is 34.1 Å². The van der Waals surface area contributed by atoms with E-state index < -0.39 is 5.82 Å². The molecule has 7 heteroatoms. The summed E-state index contributed by atoms with van der Waals surface area (Å²) in [7, 11) is 4.45. The maximum Gasteiger partial charge on any atom is 0.203 e. The van der Waals surface area contributed by atoms with E-state index in [-0.39, 0.29) is 5.78 Å². The fraction of sp³-hybridized carbons (Fsp3) is 0.115. The molecule has 0 fully saturated rings. The molecule has 0 spiro atoms. The molecule has 4 rings (SSSR count). The molecule has 3 aromatic carbocycles. The van der Waals surface area contributed by atoms with Crippen LogP contribution in [0.5, 0.6) is 17.2 Å². The van der Waals surface area contributed by atoms with Crippen molar-refractivity contribution in [1.29, 1.82) is 0 Å². The Kier molecular flexibility index (Phi) is 6.04. The second-order valence-corrected chi connectivity index (χ2v) is 7.31. The van der Waals surface area contributed by atoms with Crippen LogP contribution in [0.3, 0.4) is 0 Å². The van der Waals surface area contributed by atoms with E-state index >= 15 is 0 Å². The molecule has 0 radical (unpaired) electrons. The summed E-state index contributed by atoms with van der Waals surface area (Å²) in [6, 6.07) is 16.7. The summed E-state index contributed by atoms with van der Waals surface area (Å²) >= 11 is 0. The lowest BCUT2D eigenvalue weighted by molar-refractivity contribution is 0.103. The van der Waals surface area contributed by atoms with Crippen LogP contribution >= 0.6 is 0 Å². The van der Waals surface area contributed by atoms with Gasteiger partial charge in [0.15, 0.2) is 17.3 Å². The molecule has 1 aromatic heterocycles. The number of nitrogen functional groups attached to an aromatic ring is 1. The van der Waals surface area contributed by atoms with Gasteiger partial charge in [-0.1, -0.05) is 18.2 Å². The number of hydrogen-bond acceptors (Lipinski definition) is 5. The van der Waals surface area contributed by atoms with E-state index in [9.17, 15) is 9.18 Å². The standard InChI is InChI=1S/C26H23FN2O4/c1-31-23-12-16(13-24(32-2)26(23)33-3)25(30)21-15-29(18-10-8-17(28)9-11-18)14-20(21)19-6-4-5-7-22(19)27/h4-15H,28H2,1-3H3. The van der Waals surface area contributed by atoms with Crippen LogP contribution in [0.15, 0.2) is 73.1 Å². The first-order valence-electron chi connectivity index (χ1n) is 10.1. The maximum atomic E-state index is 14.7. The molecule has 168 valence electrons. The molecule has 0 aliphatic rings. The quantitative estimate of drug-likeness (QED) is 0.315. The van der Waals surface area contributed by atoms with Crippen LogP contribution in [0.25, 0.3) is 16.8 Å². The summed E-state index contributed by atoms with van der Waals surface area (Å²) in [5.74, 6) is 0.342. The first kappa shape index (κ1) is 22.0. The molecular weight excluding hydrogens is 423 g/mol. The van der Waals surface area contributed by atoms with Crippen molar-refractivity contribution in [2.45, 2.75) is 0 Å². The van der Waals surface area contributed by atoms with Crippen LogP contribution in [-0.2, 0) is 0 Å². The summed E-state index contributed by atoms with van der Waals surface area (Å²) in [6.45, 7) is 0. The Bertz CT molecular complexity index is 1290. The topological polar surface area (TPSA) is 75.7 Å². The third-order valence-electron chi connectivity index (χ3n) is 5.35. The van der Waals surface area contributed by atoms with Crippen LogP contribution in [0.2, 0.25) is 0 Å². The number of ether oxygens (including phenoxy) is 3. The molecular formula is C26H23FN2O4. The second-order valence-electron chi connectivity index (χ2n) is 7.31. The van der Waals surface area contributed by atoms with Crippen molar-refractivity contribution in [2.75, 3.05) is 27.1 Å². The van der Waals surface area contributed by atoms with Gasteiger partial charge in [-0.25, -0.2) is 4.39 Å². The Morgan fingerprint density at radius 1 is 0.848 bits per heavy atom. The first-order chi connectivity index (χ1) is 16.0. The SMILES string of the molecule is COc1cc(C(=O)c2cn(-c3ccc(N)cc3)cc2-c2ccccc2F)cc(OC)c1OC. The van der Waals surface area contributed by atoms with Gasteiger partial charge in [0.05, 0.1) is 21.3 Å². The van der Waals surface area contributed by atoms with E-state index in [1.807, 2.05) is 12.1 Å². The normalized spacial score (nSPS) is 10.7. The molecule has 1 heterocycles.